The van der Waals surface area contributed by atoms with E-state index in [0.29, 0.717) is 23.7 Å². The number of hydrogen-bond donors (Lipinski definition) is 1. The van der Waals surface area contributed by atoms with Crippen molar-refractivity contribution in [1.29, 1.82) is 0 Å². The molecule has 0 saturated heterocycles. The van der Waals surface area contributed by atoms with Crippen LogP contribution in [0, 0.1) is 6.92 Å². The van der Waals surface area contributed by atoms with Crippen LogP contribution in [0.25, 0.3) is 0 Å². The predicted molar refractivity (Wildman–Crippen MR) is 74.0 cm³/mol. The molecule has 0 fully saturated rings. The molecule has 0 aliphatic carbocycles. The minimum atomic E-state index is -0.140. The van der Waals surface area contributed by atoms with E-state index in [9.17, 15) is 9.90 Å². The van der Waals surface area contributed by atoms with Gasteiger partial charge in [0.2, 0.25) is 0 Å². The molecular formula is C15H13ClO3. The lowest BCUT2D eigenvalue weighted by Crippen LogP contribution is -1.98. The van der Waals surface area contributed by atoms with Gasteiger partial charge in [0.25, 0.3) is 0 Å². The topological polar surface area (TPSA) is 46.5 Å². The van der Waals surface area contributed by atoms with Gasteiger partial charge in [-0.3, -0.25) is 4.79 Å². The fraction of sp³-hybridized carbons (Fsp3) is 0.133. The van der Waals surface area contributed by atoms with Crippen LogP contribution < -0.4 is 4.74 Å². The number of rotatable bonds is 4. The number of phenolic OH excluding ortho intramolecular Hbond substituents is 1. The van der Waals surface area contributed by atoms with Crippen LogP contribution in [0.5, 0.6) is 11.5 Å². The maximum Gasteiger partial charge on any atom is 0.153 e. The summed E-state index contributed by atoms with van der Waals surface area (Å²) in [5, 5.41) is 9.90. The number of aldehydes is 1. The van der Waals surface area contributed by atoms with Gasteiger partial charge in [0.15, 0.2) is 6.29 Å². The average Bonchev–Trinajstić information content (AvgIpc) is 2.41. The highest BCUT2D eigenvalue weighted by Crippen LogP contribution is 2.31. The van der Waals surface area contributed by atoms with Crippen molar-refractivity contribution in [2.75, 3.05) is 0 Å². The first-order valence-corrected chi connectivity index (χ1v) is 6.14. The van der Waals surface area contributed by atoms with Crippen LogP contribution in [0.1, 0.15) is 21.5 Å². The first-order valence-electron chi connectivity index (χ1n) is 5.77. The summed E-state index contributed by atoms with van der Waals surface area (Å²) >= 11 is 5.99. The molecule has 3 nitrogen and oxygen atoms in total. The molecule has 0 aromatic heterocycles. The molecule has 0 aliphatic rings. The zero-order valence-corrected chi connectivity index (χ0v) is 11.1. The summed E-state index contributed by atoms with van der Waals surface area (Å²) in [5.41, 5.74) is 2.30. The van der Waals surface area contributed by atoms with E-state index < -0.39 is 0 Å². The van der Waals surface area contributed by atoms with Gasteiger partial charge < -0.3 is 9.84 Å². The molecule has 0 radical (unpaired) electrons. The number of benzene rings is 2. The van der Waals surface area contributed by atoms with Crippen LogP contribution in [-0.2, 0) is 6.61 Å². The van der Waals surface area contributed by atoms with Crippen LogP contribution in [0.4, 0.5) is 0 Å². The Balaban J connectivity index is 2.18. The lowest BCUT2D eigenvalue weighted by atomic mass is 10.1. The van der Waals surface area contributed by atoms with E-state index in [1.54, 1.807) is 0 Å². The zero-order valence-electron chi connectivity index (χ0n) is 10.4. The Morgan fingerprint density at radius 1 is 1.32 bits per heavy atom. The molecule has 0 amide bonds. The van der Waals surface area contributed by atoms with E-state index in [2.05, 4.69) is 0 Å². The van der Waals surface area contributed by atoms with Crippen molar-refractivity contribution in [1.82, 2.24) is 0 Å². The molecule has 0 heterocycles. The minimum absolute atomic E-state index is 0.140. The first kappa shape index (κ1) is 13.4. The Kier molecular flexibility index (Phi) is 4.07. The maximum atomic E-state index is 10.7. The molecule has 19 heavy (non-hydrogen) atoms. The normalized spacial score (nSPS) is 10.2. The van der Waals surface area contributed by atoms with E-state index >= 15 is 0 Å². The molecule has 1 N–H and O–H groups in total. The fourth-order valence-electron chi connectivity index (χ4n) is 1.69. The molecule has 98 valence electrons. The SMILES string of the molecule is Cc1ccccc1COc1cc(O)c(C=O)cc1Cl. The third kappa shape index (κ3) is 3.06. The van der Waals surface area contributed by atoms with Gasteiger partial charge in [-0.1, -0.05) is 35.9 Å². The van der Waals surface area contributed by atoms with Crippen LogP contribution >= 0.6 is 11.6 Å². The van der Waals surface area contributed by atoms with Crippen LogP contribution in [-0.4, -0.2) is 11.4 Å². The quantitative estimate of drug-likeness (QED) is 0.865. The maximum absolute atomic E-state index is 10.7. The average molecular weight is 277 g/mol. The highest BCUT2D eigenvalue weighted by atomic mass is 35.5. The number of hydrogen-bond acceptors (Lipinski definition) is 3. The van der Waals surface area contributed by atoms with Gasteiger partial charge >= 0.3 is 0 Å². The van der Waals surface area contributed by atoms with E-state index in [0.717, 1.165) is 11.1 Å². The molecule has 0 spiro atoms. The Morgan fingerprint density at radius 2 is 2.05 bits per heavy atom. The van der Waals surface area contributed by atoms with Crippen molar-refractivity contribution in [2.45, 2.75) is 13.5 Å². The van der Waals surface area contributed by atoms with Gasteiger partial charge in [0.05, 0.1) is 10.6 Å². The standard InChI is InChI=1S/C15H13ClO3/c1-10-4-2-3-5-11(10)9-19-15-7-14(18)12(8-17)6-13(15)16/h2-8,18H,9H2,1H3. The molecule has 0 saturated carbocycles. The van der Waals surface area contributed by atoms with Gasteiger partial charge in [0, 0.05) is 6.07 Å². The summed E-state index contributed by atoms with van der Waals surface area (Å²) < 4.78 is 5.58. The van der Waals surface area contributed by atoms with E-state index in [1.807, 2.05) is 31.2 Å². The third-order valence-electron chi connectivity index (χ3n) is 2.85. The number of aryl methyl sites for hydroxylation is 1. The second-order valence-electron chi connectivity index (χ2n) is 4.17. The number of halogens is 1. The first-order chi connectivity index (χ1) is 9.11. The molecule has 0 aliphatic heterocycles. The highest BCUT2D eigenvalue weighted by Gasteiger charge is 2.09. The van der Waals surface area contributed by atoms with Gasteiger partial charge in [-0.05, 0) is 24.1 Å². The molecule has 2 aromatic carbocycles. The van der Waals surface area contributed by atoms with Crippen LogP contribution in [0.2, 0.25) is 5.02 Å². The number of carbonyl (C=O) groups is 1. The Morgan fingerprint density at radius 3 is 2.74 bits per heavy atom. The van der Waals surface area contributed by atoms with Crippen LogP contribution in [0.3, 0.4) is 0 Å². The Bertz CT molecular complexity index is 608. The molecule has 0 unspecified atom stereocenters. The van der Waals surface area contributed by atoms with Crippen molar-refractivity contribution in [3.8, 4) is 11.5 Å². The molecular weight excluding hydrogens is 264 g/mol. The van der Waals surface area contributed by atoms with E-state index in [1.165, 1.54) is 12.1 Å². The van der Waals surface area contributed by atoms with E-state index in [4.69, 9.17) is 16.3 Å². The summed E-state index contributed by atoms with van der Waals surface area (Å²) in [6, 6.07) is 10.6. The summed E-state index contributed by atoms with van der Waals surface area (Å²) in [6.45, 7) is 2.35. The highest BCUT2D eigenvalue weighted by molar-refractivity contribution is 6.32. The summed E-state index contributed by atoms with van der Waals surface area (Å²) in [5.74, 6) is 0.215. The van der Waals surface area contributed by atoms with E-state index in [-0.39, 0.29) is 11.3 Å². The zero-order chi connectivity index (χ0) is 13.8. The monoisotopic (exact) mass is 276 g/mol. The number of phenols is 1. The molecule has 0 bridgehead atoms. The second kappa shape index (κ2) is 5.76. The predicted octanol–water partition coefficient (Wildman–Crippen LogP) is 3.75. The number of aromatic hydroxyl groups is 1. The van der Waals surface area contributed by atoms with Crippen molar-refractivity contribution < 1.29 is 14.6 Å². The van der Waals surface area contributed by atoms with Crippen molar-refractivity contribution >= 4 is 17.9 Å². The Labute approximate surface area is 116 Å². The molecule has 2 aromatic rings. The largest absolute Gasteiger partial charge is 0.507 e. The van der Waals surface area contributed by atoms with Crippen LogP contribution in [0.15, 0.2) is 36.4 Å². The number of carbonyl (C=O) groups excluding carboxylic acids is 1. The van der Waals surface area contributed by atoms with Crippen molar-refractivity contribution in [3.63, 3.8) is 0 Å². The lowest BCUT2D eigenvalue weighted by Gasteiger charge is -2.11. The summed E-state index contributed by atoms with van der Waals surface area (Å²) in [7, 11) is 0. The molecule has 2 rings (SSSR count). The smallest absolute Gasteiger partial charge is 0.153 e. The fourth-order valence-corrected chi connectivity index (χ4v) is 1.92. The lowest BCUT2D eigenvalue weighted by molar-refractivity contribution is 0.112. The number of ether oxygens (including phenoxy) is 1. The third-order valence-corrected chi connectivity index (χ3v) is 3.15. The summed E-state index contributed by atoms with van der Waals surface area (Å²) in [6.07, 6.45) is 0.548. The minimum Gasteiger partial charge on any atom is -0.507 e. The van der Waals surface area contributed by atoms with Gasteiger partial charge in [0.1, 0.15) is 18.1 Å². The Hall–Kier alpha value is -2.00. The van der Waals surface area contributed by atoms with Gasteiger partial charge in [-0.25, -0.2) is 0 Å². The summed E-state index contributed by atoms with van der Waals surface area (Å²) in [4.78, 5) is 10.7. The second-order valence-corrected chi connectivity index (χ2v) is 4.58. The van der Waals surface area contributed by atoms with Crippen molar-refractivity contribution in [2.24, 2.45) is 0 Å². The molecule has 4 heteroatoms. The van der Waals surface area contributed by atoms with Gasteiger partial charge in [-0.15, -0.1) is 0 Å². The molecule has 0 atom stereocenters. The van der Waals surface area contributed by atoms with Crippen molar-refractivity contribution in [3.05, 3.63) is 58.1 Å². The van der Waals surface area contributed by atoms with Gasteiger partial charge in [-0.2, -0.15) is 0 Å².